The van der Waals surface area contributed by atoms with Crippen LogP contribution in [0.3, 0.4) is 0 Å². The molecule has 0 bridgehead atoms. The highest BCUT2D eigenvalue weighted by atomic mass is 16.3. The zero-order valence-electron chi connectivity index (χ0n) is 10.5. The monoisotopic (exact) mass is 252 g/mol. The Labute approximate surface area is 111 Å². The molecule has 1 heterocycles. The maximum absolute atomic E-state index is 10.9. The second-order valence-corrected chi connectivity index (χ2v) is 4.71. The smallest absolute Gasteiger partial charge is 0.127 e. The van der Waals surface area contributed by atoms with Gasteiger partial charge >= 0.3 is 0 Å². The van der Waals surface area contributed by atoms with E-state index in [0.29, 0.717) is 0 Å². The Morgan fingerprint density at radius 3 is 2.53 bits per heavy atom. The topological polar surface area (TPSA) is 62.0 Å². The van der Waals surface area contributed by atoms with Crippen molar-refractivity contribution in [2.45, 2.75) is 5.60 Å². The van der Waals surface area contributed by atoms with Crippen molar-refractivity contribution in [2.75, 3.05) is 6.54 Å². The summed E-state index contributed by atoms with van der Waals surface area (Å²) in [5.74, 6) is 0. The van der Waals surface area contributed by atoms with Gasteiger partial charge in [0.05, 0.1) is 0 Å². The molecule has 19 heavy (non-hydrogen) atoms. The van der Waals surface area contributed by atoms with Gasteiger partial charge in [-0.1, -0.05) is 36.4 Å². The highest BCUT2D eigenvalue weighted by Crippen LogP contribution is 2.30. The van der Waals surface area contributed by atoms with Gasteiger partial charge in [-0.25, -0.2) is 0 Å². The van der Waals surface area contributed by atoms with E-state index in [2.05, 4.69) is 4.98 Å². The summed E-state index contributed by atoms with van der Waals surface area (Å²) in [6.45, 7) is 0.146. The summed E-state index contributed by atoms with van der Waals surface area (Å²) in [6.07, 6.45) is 1.89. The second kappa shape index (κ2) is 4.53. The summed E-state index contributed by atoms with van der Waals surface area (Å²) in [7, 11) is 0. The number of fused-ring (bicyclic) bond motifs is 1. The fourth-order valence-electron chi connectivity index (χ4n) is 2.43. The van der Waals surface area contributed by atoms with Crippen LogP contribution in [0.25, 0.3) is 10.9 Å². The first-order valence-corrected chi connectivity index (χ1v) is 6.29. The number of nitrogens with one attached hydrogen (secondary N) is 1. The number of H-pyrrole nitrogens is 1. The van der Waals surface area contributed by atoms with Crippen molar-refractivity contribution in [3.8, 4) is 0 Å². The number of aromatic amines is 1. The van der Waals surface area contributed by atoms with Crippen molar-refractivity contribution in [2.24, 2.45) is 5.73 Å². The van der Waals surface area contributed by atoms with Crippen LogP contribution in [0.2, 0.25) is 0 Å². The molecule has 0 aliphatic rings. The van der Waals surface area contributed by atoms with Crippen LogP contribution >= 0.6 is 0 Å². The van der Waals surface area contributed by atoms with Crippen LogP contribution in [0.15, 0.2) is 60.8 Å². The van der Waals surface area contributed by atoms with E-state index in [1.807, 2.05) is 60.8 Å². The molecular weight excluding hydrogens is 236 g/mol. The summed E-state index contributed by atoms with van der Waals surface area (Å²) in [4.78, 5) is 3.14. The van der Waals surface area contributed by atoms with Crippen LogP contribution in [0.4, 0.5) is 0 Å². The van der Waals surface area contributed by atoms with Gasteiger partial charge in [0.1, 0.15) is 5.60 Å². The van der Waals surface area contributed by atoms with E-state index in [4.69, 9.17) is 5.73 Å². The van der Waals surface area contributed by atoms with E-state index in [1.54, 1.807) is 0 Å². The van der Waals surface area contributed by atoms with Crippen LogP contribution in [0, 0.1) is 0 Å². The first kappa shape index (κ1) is 12.0. The number of benzene rings is 2. The van der Waals surface area contributed by atoms with Gasteiger partial charge in [0, 0.05) is 18.3 Å². The molecule has 3 heteroatoms. The van der Waals surface area contributed by atoms with E-state index in [0.717, 1.165) is 22.0 Å². The lowest BCUT2D eigenvalue weighted by Gasteiger charge is -2.27. The van der Waals surface area contributed by atoms with Crippen LogP contribution in [0.1, 0.15) is 11.1 Å². The van der Waals surface area contributed by atoms with Gasteiger partial charge in [0.2, 0.25) is 0 Å². The van der Waals surface area contributed by atoms with Gasteiger partial charge < -0.3 is 15.8 Å². The predicted molar refractivity (Wildman–Crippen MR) is 76.8 cm³/mol. The lowest BCUT2D eigenvalue weighted by atomic mass is 9.86. The van der Waals surface area contributed by atoms with Crippen molar-refractivity contribution in [3.05, 3.63) is 71.9 Å². The standard InChI is InChI=1S/C16H16N2O/c17-11-16(19,13-4-2-1-3-5-13)14-6-7-15-12(10-14)8-9-18-15/h1-10,18-19H,11,17H2. The molecular formula is C16H16N2O. The summed E-state index contributed by atoms with van der Waals surface area (Å²) in [5, 5.41) is 12.0. The van der Waals surface area contributed by atoms with Crippen molar-refractivity contribution in [1.82, 2.24) is 4.98 Å². The molecule has 0 spiro atoms. The summed E-state index contributed by atoms with van der Waals surface area (Å²) in [5.41, 5.74) is 7.36. The minimum Gasteiger partial charge on any atom is -0.379 e. The highest BCUT2D eigenvalue weighted by Gasteiger charge is 2.29. The van der Waals surface area contributed by atoms with Gasteiger partial charge in [0.15, 0.2) is 0 Å². The van der Waals surface area contributed by atoms with Crippen molar-refractivity contribution >= 4 is 10.9 Å². The number of aliphatic hydroxyl groups is 1. The Morgan fingerprint density at radius 2 is 1.79 bits per heavy atom. The number of hydrogen-bond donors (Lipinski definition) is 3. The van der Waals surface area contributed by atoms with Gasteiger partial charge in [-0.05, 0) is 34.7 Å². The van der Waals surface area contributed by atoms with E-state index in [-0.39, 0.29) is 6.54 Å². The Morgan fingerprint density at radius 1 is 1.00 bits per heavy atom. The maximum atomic E-state index is 10.9. The molecule has 4 N–H and O–H groups in total. The lowest BCUT2D eigenvalue weighted by molar-refractivity contribution is 0.0904. The predicted octanol–water partition coefficient (Wildman–Crippen LogP) is 2.36. The number of aromatic nitrogens is 1. The Balaban J connectivity index is 2.15. The number of nitrogens with two attached hydrogens (primary N) is 1. The van der Waals surface area contributed by atoms with E-state index < -0.39 is 5.60 Å². The average Bonchev–Trinajstić information content (AvgIpc) is 2.94. The molecule has 3 rings (SSSR count). The third-order valence-electron chi connectivity index (χ3n) is 3.58. The van der Waals surface area contributed by atoms with Gasteiger partial charge in [0.25, 0.3) is 0 Å². The summed E-state index contributed by atoms with van der Waals surface area (Å²) in [6, 6.07) is 17.4. The third-order valence-corrected chi connectivity index (χ3v) is 3.58. The summed E-state index contributed by atoms with van der Waals surface area (Å²) >= 11 is 0. The van der Waals surface area contributed by atoms with E-state index in [9.17, 15) is 5.11 Å². The molecule has 1 unspecified atom stereocenters. The van der Waals surface area contributed by atoms with Crippen molar-refractivity contribution in [1.29, 1.82) is 0 Å². The van der Waals surface area contributed by atoms with Crippen molar-refractivity contribution < 1.29 is 5.11 Å². The zero-order valence-corrected chi connectivity index (χ0v) is 10.5. The van der Waals surface area contributed by atoms with Gasteiger partial charge in [-0.15, -0.1) is 0 Å². The first-order valence-electron chi connectivity index (χ1n) is 6.29. The molecule has 0 amide bonds. The SMILES string of the molecule is NCC(O)(c1ccccc1)c1ccc2[nH]ccc2c1. The Kier molecular flexibility index (Phi) is 2.85. The summed E-state index contributed by atoms with van der Waals surface area (Å²) < 4.78 is 0. The fourth-order valence-corrected chi connectivity index (χ4v) is 2.43. The fraction of sp³-hybridized carbons (Fsp3) is 0.125. The minimum atomic E-state index is -1.15. The normalized spacial score (nSPS) is 14.4. The number of rotatable bonds is 3. The Hall–Kier alpha value is -2.10. The average molecular weight is 252 g/mol. The molecule has 0 radical (unpaired) electrons. The lowest BCUT2D eigenvalue weighted by Crippen LogP contribution is -2.36. The van der Waals surface area contributed by atoms with E-state index >= 15 is 0 Å². The first-order chi connectivity index (χ1) is 9.24. The molecule has 2 aromatic carbocycles. The molecule has 1 atom stereocenters. The molecule has 0 aliphatic carbocycles. The number of hydrogen-bond acceptors (Lipinski definition) is 2. The molecule has 1 aromatic heterocycles. The van der Waals surface area contributed by atoms with Crippen LogP contribution in [-0.4, -0.2) is 16.6 Å². The highest BCUT2D eigenvalue weighted by molar-refractivity contribution is 5.80. The van der Waals surface area contributed by atoms with E-state index in [1.165, 1.54) is 0 Å². The molecule has 3 nitrogen and oxygen atoms in total. The third kappa shape index (κ3) is 1.93. The quantitative estimate of drug-likeness (QED) is 0.670. The Bertz CT molecular complexity index is 690. The van der Waals surface area contributed by atoms with Crippen LogP contribution in [0.5, 0.6) is 0 Å². The molecule has 3 aromatic rings. The molecule has 0 aliphatic heterocycles. The van der Waals surface area contributed by atoms with Gasteiger partial charge in [-0.3, -0.25) is 0 Å². The van der Waals surface area contributed by atoms with Gasteiger partial charge in [-0.2, -0.15) is 0 Å². The second-order valence-electron chi connectivity index (χ2n) is 4.71. The molecule has 0 fully saturated rings. The molecule has 0 saturated carbocycles. The molecule has 96 valence electrons. The van der Waals surface area contributed by atoms with Crippen molar-refractivity contribution in [3.63, 3.8) is 0 Å². The maximum Gasteiger partial charge on any atom is 0.127 e. The zero-order chi connectivity index (χ0) is 13.3. The molecule has 0 saturated heterocycles. The largest absolute Gasteiger partial charge is 0.379 e. The minimum absolute atomic E-state index is 0.146. The van der Waals surface area contributed by atoms with Crippen LogP contribution < -0.4 is 5.73 Å². The van der Waals surface area contributed by atoms with Crippen LogP contribution in [-0.2, 0) is 5.60 Å².